The number of carbonyl (C=O) groups excluding carboxylic acids is 1. The van der Waals surface area contributed by atoms with E-state index in [4.69, 9.17) is 0 Å². The maximum Gasteiger partial charge on any atom is 0.314 e. The number of fused-ring (bicyclic) bond motifs is 1. The number of benzene rings is 1. The lowest BCUT2D eigenvalue weighted by atomic mass is 9.88. The molecule has 5 rings (SSSR count). The van der Waals surface area contributed by atoms with Crippen LogP contribution in [0.3, 0.4) is 0 Å². The number of nitrogens with one attached hydrogen (secondary N) is 1. The fourth-order valence-electron chi connectivity index (χ4n) is 5.26. The summed E-state index contributed by atoms with van der Waals surface area (Å²) in [5, 5.41) is 7.45. The van der Waals surface area contributed by atoms with Gasteiger partial charge >= 0.3 is 5.92 Å². The average molecular weight is 513 g/mol. The number of pyridine rings is 1. The molecule has 1 amide bonds. The van der Waals surface area contributed by atoms with Crippen LogP contribution in [0.5, 0.6) is 0 Å². The van der Waals surface area contributed by atoms with Crippen molar-refractivity contribution in [3.05, 3.63) is 77.6 Å². The Morgan fingerprint density at radius 2 is 1.97 bits per heavy atom. The number of anilines is 1. The van der Waals surface area contributed by atoms with Gasteiger partial charge in [-0.3, -0.25) is 19.4 Å². The van der Waals surface area contributed by atoms with E-state index in [1.54, 1.807) is 23.1 Å². The quantitative estimate of drug-likeness (QED) is 0.548. The number of halogens is 3. The van der Waals surface area contributed by atoms with Gasteiger partial charge < -0.3 is 10.2 Å². The molecule has 0 unspecified atom stereocenters. The van der Waals surface area contributed by atoms with Crippen molar-refractivity contribution in [3.8, 4) is 0 Å². The topological polar surface area (TPSA) is 66.3 Å². The van der Waals surface area contributed by atoms with Crippen molar-refractivity contribution in [1.29, 1.82) is 0 Å². The van der Waals surface area contributed by atoms with Crippen LogP contribution in [-0.2, 0) is 22.7 Å². The van der Waals surface area contributed by atoms with Crippen LogP contribution >= 0.6 is 0 Å². The van der Waals surface area contributed by atoms with Crippen LogP contribution in [0, 0.1) is 5.82 Å². The van der Waals surface area contributed by atoms with Gasteiger partial charge in [0.2, 0.25) is 5.91 Å². The van der Waals surface area contributed by atoms with Crippen LogP contribution in [0.1, 0.15) is 37.6 Å². The zero-order valence-corrected chi connectivity index (χ0v) is 21.2. The molecule has 3 aromatic rings. The maximum atomic E-state index is 15.3. The molecule has 2 aliphatic heterocycles. The largest absolute Gasteiger partial charge is 0.314 e. The van der Waals surface area contributed by atoms with Crippen molar-refractivity contribution in [1.82, 2.24) is 25.0 Å². The third kappa shape index (κ3) is 5.00. The summed E-state index contributed by atoms with van der Waals surface area (Å²) in [7, 11) is 0. The third-order valence-electron chi connectivity index (χ3n) is 7.28. The molecular weight excluding hydrogens is 481 g/mol. The Hall–Kier alpha value is -3.24. The summed E-state index contributed by atoms with van der Waals surface area (Å²) in [5.41, 5.74) is 0.282. The first kappa shape index (κ1) is 25.4. The molecule has 10 heteroatoms. The molecule has 4 heterocycles. The Balaban J connectivity index is 1.40. The second-order valence-electron chi connectivity index (χ2n) is 10.7. The fourth-order valence-corrected chi connectivity index (χ4v) is 5.26. The Bertz CT molecular complexity index is 1280. The number of amides is 1. The van der Waals surface area contributed by atoms with Crippen LogP contribution in [-0.4, -0.2) is 63.8 Å². The van der Waals surface area contributed by atoms with Crippen LogP contribution in [0.4, 0.5) is 18.9 Å². The van der Waals surface area contributed by atoms with Gasteiger partial charge in [-0.1, -0.05) is 44.2 Å². The summed E-state index contributed by atoms with van der Waals surface area (Å²) in [6.45, 7) is 8.17. The number of piperazine rings is 1. The van der Waals surface area contributed by atoms with E-state index in [0.29, 0.717) is 31.9 Å². The normalized spacial score (nSPS) is 21.7. The molecule has 1 N–H and O–H groups in total. The summed E-state index contributed by atoms with van der Waals surface area (Å²) < 4.78 is 45.7. The molecule has 2 aromatic heterocycles. The first-order chi connectivity index (χ1) is 17.5. The highest BCUT2D eigenvalue weighted by Gasteiger charge is 2.43. The first-order valence-electron chi connectivity index (χ1n) is 12.4. The van der Waals surface area contributed by atoms with Crippen molar-refractivity contribution in [2.45, 2.75) is 50.7 Å². The molecule has 1 saturated heterocycles. The lowest BCUT2D eigenvalue weighted by Gasteiger charge is -2.39. The predicted octanol–water partition coefficient (Wildman–Crippen LogP) is 3.54. The highest BCUT2D eigenvalue weighted by molar-refractivity contribution is 5.97. The maximum absolute atomic E-state index is 15.3. The van der Waals surface area contributed by atoms with Crippen molar-refractivity contribution >= 4 is 11.6 Å². The molecule has 196 valence electrons. The van der Waals surface area contributed by atoms with Crippen molar-refractivity contribution in [2.75, 3.05) is 31.1 Å². The van der Waals surface area contributed by atoms with E-state index in [2.05, 4.69) is 20.3 Å². The van der Waals surface area contributed by atoms with E-state index in [1.807, 2.05) is 20.8 Å². The zero-order valence-electron chi connectivity index (χ0n) is 21.2. The van der Waals surface area contributed by atoms with E-state index in [1.165, 1.54) is 35.3 Å². The Kier molecular flexibility index (Phi) is 6.57. The molecule has 1 fully saturated rings. The lowest BCUT2D eigenvalue weighted by molar-refractivity contribution is -0.120. The molecule has 7 nitrogen and oxygen atoms in total. The zero-order chi connectivity index (χ0) is 26.4. The highest BCUT2D eigenvalue weighted by Crippen LogP contribution is 2.43. The minimum absolute atomic E-state index is 0.0788. The molecule has 0 spiro atoms. The van der Waals surface area contributed by atoms with Gasteiger partial charge in [-0.2, -0.15) is 13.9 Å². The third-order valence-corrected chi connectivity index (χ3v) is 7.28. The van der Waals surface area contributed by atoms with Crippen LogP contribution in [0.2, 0.25) is 0 Å². The molecular formula is C27H31F3N6O. The molecule has 0 radical (unpaired) electrons. The number of rotatable bonds is 6. The minimum Gasteiger partial charge on any atom is -0.311 e. The number of alkyl halides is 2. The minimum atomic E-state index is -3.30. The number of nitrogens with zero attached hydrogens (tertiary/aromatic N) is 5. The molecule has 0 saturated carbocycles. The lowest BCUT2D eigenvalue weighted by Crippen LogP contribution is -2.59. The summed E-state index contributed by atoms with van der Waals surface area (Å²) in [6.07, 6.45) is 3.98. The molecule has 2 atom stereocenters. The van der Waals surface area contributed by atoms with Gasteiger partial charge in [0, 0.05) is 54.5 Å². The van der Waals surface area contributed by atoms with E-state index >= 15 is 8.78 Å². The number of hydrogen-bond donors (Lipinski definition) is 1. The second kappa shape index (κ2) is 9.57. The Morgan fingerprint density at radius 3 is 2.68 bits per heavy atom. The predicted molar refractivity (Wildman–Crippen MR) is 134 cm³/mol. The number of carbonyl (C=O) groups is 1. The summed E-state index contributed by atoms with van der Waals surface area (Å²) in [6, 6.07) is 9.02. The van der Waals surface area contributed by atoms with Crippen LogP contribution in [0.15, 0.2) is 55.0 Å². The van der Waals surface area contributed by atoms with Gasteiger partial charge in [0.15, 0.2) is 5.82 Å². The van der Waals surface area contributed by atoms with Gasteiger partial charge in [-0.05, 0) is 13.0 Å². The van der Waals surface area contributed by atoms with Crippen LogP contribution < -0.4 is 10.2 Å². The molecule has 2 aliphatic rings. The fraction of sp³-hybridized carbons (Fsp3) is 0.444. The molecule has 0 bridgehead atoms. The van der Waals surface area contributed by atoms with Gasteiger partial charge in [0.1, 0.15) is 5.69 Å². The first-order valence-corrected chi connectivity index (χ1v) is 12.4. The van der Waals surface area contributed by atoms with Gasteiger partial charge in [-0.25, -0.2) is 4.39 Å². The van der Waals surface area contributed by atoms with Gasteiger partial charge in [0.05, 0.1) is 31.2 Å². The SMILES string of the molecule is C[C@@H]1CN(CC(=O)N2CC(C)(C)c3cnc(C(F)(F)c4ccccc4)cc32)[C@@H](Cn2cc(F)cn2)CN1. The van der Waals surface area contributed by atoms with Gasteiger partial charge in [0.25, 0.3) is 0 Å². The number of hydrogen-bond acceptors (Lipinski definition) is 5. The molecule has 37 heavy (non-hydrogen) atoms. The van der Waals surface area contributed by atoms with Crippen molar-refractivity contribution in [3.63, 3.8) is 0 Å². The summed E-state index contributed by atoms with van der Waals surface area (Å²) >= 11 is 0. The van der Waals surface area contributed by atoms with E-state index in [9.17, 15) is 9.18 Å². The van der Waals surface area contributed by atoms with E-state index < -0.39 is 17.2 Å². The van der Waals surface area contributed by atoms with E-state index in [-0.39, 0.29) is 35.8 Å². The Morgan fingerprint density at radius 1 is 1.22 bits per heavy atom. The smallest absolute Gasteiger partial charge is 0.311 e. The summed E-state index contributed by atoms with van der Waals surface area (Å²) in [5.74, 6) is -3.87. The monoisotopic (exact) mass is 512 g/mol. The molecule has 1 aromatic carbocycles. The van der Waals surface area contributed by atoms with Crippen molar-refractivity contribution < 1.29 is 18.0 Å². The van der Waals surface area contributed by atoms with E-state index in [0.717, 1.165) is 11.8 Å². The molecule has 0 aliphatic carbocycles. The Labute approximate surface area is 214 Å². The van der Waals surface area contributed by atoms with Gasteiger partial charge in [-0.15, -0.1) is 0 Å². The van der Waals surface area contributed by atoms with Crippen LogP contribution in [0.25, 0.3) is 0 Å². The second-order valence-corrected chi connectivity index (χ2v) is 10.7. The van der Waals surface area contributed by atoms with Crippen molar-refractivity contribution in [2.24, 2.45) is 0 Å². The summed E-state index contributed by atoms with van der Waals surface area (Å²) in [4.78, 5) is 21.5. The standard InChI is InChI=1S/C27H31F3N6O/c1-18-13-34(21(11-31-18)15-35-14-20(28)10-33-35)16-25(37)36-17-26(2,3)22-12-32-24(9-23(22)36)27(29,30)19-7-5-4-6-8-19/h4-10,12,14,18,21,31H,11,13,15-17H2,1-3H3/t18-,21-/m1/s1. The number of aromatic nitrogens is 3. The average Bonchev–Trinajstić information content (AvgIpc) is 3.40. The highest BCUT2D eigenvalue weighted by atomic mass is 19.3.